The average Bonchev–Trinajstić information content (AvgIpc) is 2.73. The van der Waals surface area contributed by atoms with Gasteiger partial charge in [0.15, 0.2) is 12.4 Å². The molecule has 28 heavy (non-hydrogen) atoms. The Kier molecular flexibility index (Phi) is 6.87. The third-order valence-electron chi connectivity index (χ3n) is 5.41. The second-order valence-corrected chi connectivity index (χ2v) is 7.54. The molecule has 150 valence electrons. The second-order valence-electron chi connectivity index (χ2n) is 7.54. The number of ether oxygens (including phenoxy) is 1. The second kappa shape index (κ2) is 9.55. The summed E-state index contributed by atoms with van der Waals surface area (Å²) in [6.07, 6.45) is 6.05. The number of carbonyl (C=O) groups excluding carboxylic acids is 1. The normalized spacial score (nSPS) is 17.3. The van der Waals surface area contributed by atoms with Gasteiger partial charge >= 0.3 is 0 Å². The van der Waals surface area contributed by atoms with Crippen LogP contribution in [0.5, 0.6) is 5.75 Å². The highest BCUT2D eigenvalue weighted by Crippen LogP contribution is 2.19. The van der Waals surface area contributed by atoms with Crippen molar-refractivity contribution in [3.63, 3.8) is 0 Å². The molecule has 1 atom stereocenters. The van der Waals surface area contributed by atoms with Crippen molar-refractivity contribution < 1.29 is 14.3 Å². The van der Waals surface area contributed by atoms with Gasteiger partial charge in [-0.3, -0.25) is 4.79 Å². The van der Waals surface area contributed by atoms with E-state index in [1.807, 2.05) is 19.2 Å². The molecule has 1 saturated heterocycles. The van der Waals surface area contributed by atoms with E-state index in [-0.39, 0.29) is 5.91 Å². The van der Waals surface area contributed by atoms with E-state index in [0.29, 0.717) is 16.2 Å². The van der Waals surface area contributed by atoms with Crippen LogP contribution in [0.1, 0.15) is 28.8 Å². The van der Waals surface area contributed by atoms with Gasteiger partial charge in [-0.15, -0.1) is 0 Å². The molecular weight excluding hydrogens is 354 g/mol. The van der Waals surface area contributed by atoms with Crippen LogP contribution in [0.25, 0.3) is 0 Å². The van der Waals surface area contributed by atoms with Crippen LogP contribution in [-0.4, -0.2) is 56.0 Å². The smallest absolute Gasteiger partial charge is 0.254 e. The Hall–Kier alpha value is -2.60. The van der Waals surface area contributed by atoms with Gasteiger partial charge < -0.3 is 19.7 Å². The van der Waals surface area contributed by atoms with E-state index >= 15 is 0 Å². The molecule has 0 radical (unpaired) electrons. The molecular formula is C22H29N3O3. The van der Waals surface area contributed by atoms with Crippen LogP contribution in [0, 0.1) is 11.1 Å². The maximum atomic E-state index is 12.6. The Bertz CT molecular complexity index is 762. The van der Waals surface area contributed by atoms with Gasteiger partial charge in [0.2, 0.25) is 0 Å². The van der Waals surface area contributed by atoms with Gasteiger partial charge in [-0.2, -0.15) is 4.73 Å². The molecule has 0 bridgehead atoms. The molecule has 6 nitrogen and oxygen atoms in total. The number of rotatable bonds is 7. The van der Waals surface area contributed by atoms with E-state index in [1.165, 1.54) is 18.0 Å². The van der Waals surface area contributed by atoms with Gasteiger partial charge in [0.05, 0.1) is 12.7 Å². The molecule has 1 aromatic carbocycles. The van der Waals surface area contributed by atoms with Gasteiger partial charge in [-0.05, 0) is 49.4 Å². The van der Waals surface area contributed by atoms with Crippen molar-refractivity contribution in [1.82, 2.24) is 9.80 Å². The minimum Gasteiger partial charge on any atom is -0.619 e. The zero-order valence-electron chi connectivity index (χ0n) is 16.7. The summed E-state index contributed by atoms with van der Waals surface area (Å²) in [6, 6.07) is 11.4. The summed E-state index contributed by atoms with van der Waals surface area (Å²) < 4.78 is 5.91. The first-order valence-corrected chi connectivity index (χ1v) is 9.84. The molecule has 1 aromatic heterocycles. The number of aromatic nitrogens is 1. The summed E-state index contributed by atoms with van der Waals surface area (Å²) in [5.41, 5.74) is 1.87. The predicted octanol–water partition coefficient (Wildman–Crippen LogP) is 2.36. The number of nitrogens with zero attached hydrogens (tertiary/aromatic N) is 3. The van der Waals surface area contributed by atoms with E-state index < -0.39 is 0 Å². The molecule has 3 rings (SSSR count). The third kappa shape index (κ3) is 5.45. The molecule has 6 heteroatoms. The van der Waals surface area contributed by atoms with Gasteiger partial charge in [-0.25, -0.2) is 0 Å². The van der Waals surface area contributed by atoms with E-state index in [1.54, 1.807) is 24.1 Å². The van der Waals surface area contributed by atoms with Crippen molar-refractivity contribution in [2.24, 2.45) is 5.92 Å². The molecule has 0 N–H and O–H groups in total. The number of hydrogen-bond donors (Lipinski definition) is 0. The van der Waals surface area contributed by atoms with E-state index in [4.69, 9.17) is 4.74 Å². The van der Waals surface area contributed by atoms with Crippen LogP contribution < -0.4 is 9.47 Å². The van der Waals surface area contributed by atoms with Crippen LogP contribution in [0.15, 0.2) is 48.8 Å². The Morgan fingerprint density at radius 2 is 1.96 bits per heavy atom. The van der Waals surface area contributed by atoms with Crippen molar-refractivity contribution in [3.05, 3.63) is 65.1 Å². The topological polar surface area (TPSA) is 59.7 Å². The fourth-order valence-corrected chi connectivity index (χ4v) is 3.83. The fraction of sp³-hybridized carbons (Fsp3) is 0.455. The fourth-order valence-electron chi connectivity index (χ4n) is 3.83. The highest BCUT2D eigenvalue weighted by atomic mass is 16.5. The number of carbonyl (C=O) groups is 1. The largest absolute Gasteiger partial charge is 0.619 e. The molecule has 1 amide bonds. The minimum atomic E-state index is -0.0315. The third-order valence-corrected chi connectivity index (χ3v) is 5.41. The lowest BCUT2D eigenvalue weighted by Crippen LogP contribution is -2.42. The van der Waals surface area contributed by atoms with Crippen molar-refractivity contribution in [2.75, 3.05) is 40.3 Å². The molecule has 0 spiro atoms. The maximum Gasteiger partial charge on any atom is 0.254 e. The summed E-state index contributed by atoms with van der Waals surface area (Å²) in [7, 11) is 3.53. The molecule has 2 aromatic rings. The van der Waals surface area contributed by atoms with Gasteiger partial charge in [0.1, 0.15) is 5.75 Å². The molecule has 1 aliphatic rings. The van der Waals surface area contributed by atoms with E-state index in [2.05, 4.69) is 17.0 Å². The van der Waals surface area contributed by atoms with Crippen LogP contribution >= 0.6 is 0 Å². The first kappa shape index (κ1) is 20.1. The Balaban J connectivity index is 1.48. The molecule has 1 unspecified atom stereocenters. The van der Waals surface area contributed by atoms with Gasteiger partial charge in [0.25, 0.3) is 5.91 Å². The number of amides is 1. The minimum absolute atomic E-state index is 0.0315. The number of hydrogen-bond acceptors (Lipinski definition) is 4. The van der Waals surface area contributed by atoms with Crippen molar-refractivity contribution in [2.45, 2.75) is 19.3 Å². The van der Waals surface area contributed by atoms with Crippen molar-refractivity contribution >= 4 is 5.91 Å². The quantitative estimate of drug-likeness (QED) is 0.544. The lowest BCUT2D eigenvalue weighted by molar-refractivity contribution is -0.605. The summed E-state index contributed by atoms with van der Waals surface area (Å²) in [5.74, 6) is 1.33. The summed E-state index contributed by atoms with van der Waals surface area (Å²) in [5, 5.41) is 11.1. The number of benzene rings is 1. The molecule has 0 saturated carbocycles. The predicted molar refractivity (Wildman–Crippen MR) is 108 cm³/mol. The SMILES string of the molecule is COc1ccc(CCN2CCCC(CN(C)C(=O)c3cc[n+]([O-])cc3)C2)cc1. The van der Waals surface area contributed by atoms with Crippen molar-refractivity contribution in [3.8, 4) is 5.75 Å². The first-order chi connectivity index (χ1) is 13.5. The number of pyridine rings is 1. The van der Waals surface area contributed by atoms with E-state index in [0.717, 1.165) is 51.2 Å². The standard InChI is InChI=1S/C22H29N3O3/c1-23(22(26)20-10-14-25(27)15-11-20)16-19-4-3-12-24(17-19)13-9-18-5-7-21(28-2)8-6-18/h5-8,10-11,14-15,19H,3-4,9,12-13,16-17H2,1-2H3. The molecule has 0 aliphatic carbocycles. The molecule has 1 fully saturated rings. The van der Waals surface area contributed by atoms with Gasteiger partial charge in [-0.1, -0.05) is 12.1 Å². The number of likely N-dealkylation sites (tertiary alicyclic amines) is 1. The van der Waals surface area contributed by atoms with Crippen LogP contribution in [0.4, 0.5) is 0 Å². The number of methoxy groups -OCH3 is 1. The highest BCUT2D eigenvalue weighted by molar-refractivity contribution is 5.93. The number of piperidine rings is 1. The lowest BCUT2D eigenvalue weighted by Gasteiger charge is -2.34. The monoisotopic (exact) mass is 383 g/mol. The Morgan fingerprint density at radius 3 is 2.64 bits per heavy atom. The molecule has 2 heterocycles. The zero-order chi connectivity index (χ0) is 19.9. The van der Waals surface area contributed by atoms with Crippen molar-refractivity contribution in [1.29, 1.82) is 0 Å². The molecule has 1 aliphatic heterocycles. The van der Waals surface area contributed by atoms with Gasteiger partial charge in [0, 0.05) is 38.8 Å². The summed E-state index contributed by atoms with van der Waals surface area (Å²) in [6.45, 7) is 3.91. The van der Waals surface area contributed by atoms with Crippen LogP contribution in [0.3, 0.4) is 0 Å². The first-order valence-electron chi connectivity index (χ1n) is 9.84. The maximum absolute atomic E-state index is 12.6. The zero-order valence-corrected chi connectivity index (χ0v) is 16.7. The van der Waals surface area contributed by atoms with Crippen LogP contribution in [-0.2, 0) is 6.42 Å². The Labute approximate surface area is 166 Å². The summed E-state index contributed by atoms with van der Waals surface area (Å²) in [4.78, 5) is 16.8. The Morgan fingerprint density at radius 1 is 1.25 bits per heavy atom. The average molecular weight is 383 g/mol. The van der Waals surface area contributed by atoms with E-state index in [9.17, 15) is 10.0 Å². The van der Waals surface area contributed by atoms with Crippen LogP contribution in [0.2, 0.25) is 0 Å². The summed E-state index contributed by atoms with van der Waals surface area (Å²) >= 11 is 0. The lowest BCUT2D eigenvalue weighted by atomic mass is 9.97. The highest BCUT2D eigenvalue weighted by Gasteiger charge is 2.23.